The van der Waals surface area contributed by atoms with E-state index in [0.29, 0.717) is 12.8 Å². The zero-order valence-corrected chi connectivity index (χ0v) is 9.86. The SMILES string of the molecule is O=[N+]([O-])c1ccc(F)cc1NCC1(O)CCCC1. The lowest BCUT2D eigenvalue weighted by atomic mass is 10.0. The molecule has 5 nitrogen and oxygen atoms in total. The van der Waals surface area contributed by atoms with Crippen LogP contribution in [0.1, 0.15) is 25.7 Å². The topological polar surface area (TPSA) is 75.4 Å². The molecule has 6 heteroatoms. The molecular weight excluding hydrogens is 239 g/mol. The molecular formula is C12H15FN2O3. The lowest BCUT2D eigenvalue weighted by Crippen LogP contribution is -2.33. The normalized spacial score (nSPS) is 17.7. The monoisotopic (exact) mass is 254 g/mol. The van der Waals surface area contributed by atoms with Crippen molar-refractivity contribution in [3.05, 3.63) is 34.1 Å². The third kappa shape index (κ3) is 2.76. The van der Waals surface area contributed by atoms with Gasteiger partial charge in [0.2, 0.25) is 0 Å². The van der Waals surface area contributed by atoms with Gasteiger partial charge >= 0.3 is 0 Å². The number of aliphatic hydroxyl groups is 1. The summed E-state index contributed by atoms with van der Waals surface area (Å²) in [6.07, 6.45) is 3.24. The quantitative estimate of drug-likeness (QED) is 0.639. The van der Waals surface area contributed by atoms with Crippen LogP contribution in [0.25, 0.3) is 0 Å². The van der Waals surface area contributed by atoms with Gasteiger partial charge in [-0.2, -0.15) is 0 Å². The van der Waals surface area contributed by atoms with E-state index in [9.17, 15) is 19.6 Å². The van der Waals surface area contributed by atoms with Crippen molar-refractivity contribution in [1.29, 1.82) is 0 Å². The molecule has 98 valence electrons. The number of nitro benzene ring substituents is 1. The Balaban J connectivity index is 2.12. The van der Waals surface area contributed by atoms with Crippen molar-refractivity contribution in [1.82, 2.24) is 0 Å². The van der Waals surface area contributed by atoms with Crippen LogP contribution in [-0.2, 0) is 0 Å². The molecule has 0 spiro atoms. The lowest BCUT2D eigenvalue weighted by molar-refractivity contribution is -0.384. The fourth-order valence-corrected chi connectivity index (χ4v) is 2.28. The maximum absolute atomic E-state index is 13.1. The second-order valence-electron chi connectivity index (χ2n) is 4.70. The second-order valence-corrected chi connectivity index (χ2v) is 4.70. The zero-order valence-electron chi connectivity index (χ0n) is 9.86. The van der Waals surface area contributed by atoms with Crippen molar-refractivity contribution in [3.63, 3.8) is 0 Å². The first-order valence-electron chi connectivity index (χ1n) is 5.90. The minimum atomic E-state index is -0.833. The fraction of sp³-hybridized carbons (Fsp3) is 0.500. The minimum absolute atomic E-state index is 0.111. The number of halogens is 1. The number of nitro groups is 1. The summed E-state index contributed by atoms with van der Waals surface area (Å²) in [5.41, 5.74) is -0.904. The van der Waals surface area contributed by atoms with Crippen molar-refractivity contribution in [3.8, 4) is 0 Å². The Morgan fingerprint density at radius 2 is 2.11 bits per heavy atom. The van der Waals surface area contributed by atoms with Gasteiger partial charge in [0.25, 0.3) is 5.69 Å². The first kappa shape index (κ1) is 12.8. The average molecular weight is 254 g/mol. The molecule has 1 aliphatic rings. The highest BCUT2D eigenvalue weighted by atomic mass is 19.1. The van der Waals surface area contributed by atoms with Crippen LogP contribution in [0.15, 0.2) is 18.2 Å². The summed E-state index contributed by atoms with van der Waals surface area (Å²) in [4.78, 5) is 10.2. The van der Waals surface area contributed by atoms with Gasteiger partial charge in [-0.1, -0.05) is 12.8 Å². The molecule has 1 fully saturated rings. The number of hydrogen-bond donors (Lipinski definition) is 2. The summed E-state index contributed by atoms with van der Waals surface area (Å²) in [6, 6.07) is 3.25. The maximum Gasteiger partial charge on any atom is 0.292 e. The van der Waals surface area contributed by atoms with Gasteiger partial charge < -0.3 is 10.4 Å². The van der Waals surface area contributed by atoms with Gasteiger partial charge in [-0.3, -0.25) is 10.1 Å². The minimum Gasteiger partial charge on any atom is -0.388 e. The standard InChI is InChI=1S/C12H15FN2O3/c13-9-3-4-11(15(17)18)10(7-9)14-8-12(16)5-1-2-6-12/h3-4,7,14,16H,1-2,5-6,8H2. The number of hydrogen-bond acceptors (Lipinski definition) is 4. The molecule has 1 aromatic carbocycles. The van der Waals surface area contributed by atoms with Gasteiger partial charge in [-0.05, 0) is 18.9 Å². The molecule has 2 rings (SSSR count). The molecule has 1 aliphatic carbocycles. The van der Waals surface area contributed by atoms with E-state index in [1.165, 1.54) is 0 Å². The van der Waals surface area contributed by atoms with Crippen LogP contribution in [0.5, 0.6) is 0 Å². The Bertz CT molecular complexity index is 459. The van der Waals surface area contributed by atoms with E-state index in [1.807, 2.05) is 0 Å². The second kappa shape index (κ2) is 4.89. The smallest absolute Gasteiger partial charge is 0.292 e. The van der Waals surface area contributed by atoms with E-state index in [-0.39, 0.29) is 17.9 Å². The van der Waals surface area contributed by atoms with Gasteiger partial charge in [-0.15, -0.1) is 0 Å². The first-order chi connectivity index (χ1) is 8.50. The van der Waals surface area contributed by atoms with Crippen LogP contribution in [0.2, 0.25) is 0 Å². The van der Waals surface area contributed by atoms with E-state index >= 15 is 0 Å². The largest absolute Gasteiger partial charge is 0.388 e. The van der Waals surface area contributed by atoms with E-state index in [1.54, 1.807) is 0 Å². The van der Waals surface area contributed by atoms with Gasteiger partial charge in [-0.25, -0.2) is 4.39 Å². The van der Waals surface area contributed by atoms with Gasteiger partial charge in [0.15, 0.2) is 0 Å². The summed E-state index contributed by atoms with van der Waals surface area (Å²) < 4.78 is 13.1. The Morgan fingerprint density at radius 3 is 2.72 bits per heavy atom. The van der Waals surface area contributed by atoms with Crippen molar-refractivity contribution >= 4 is 11.4 Å². The number of benzene rings is 1. The highest BCUT2D eigenvalue weighted by Crippen LogP contribution is 2.31. The molecule has 0 atom stereocenters. The fourth-order valence-electron chi connectivity index (χ4n) is 2.28. The van der Waals surface area contributed by atoms with Crippen LogP contribution in [-0.4, -0.2) is 22.2 Å². The average Bonchev–Trinajstić information content (AvgIpc) is 2.74. The molecule has 0 saturated heterocycles. The highest BCUT2D eigenvalue weighted by molar-refractivity contribution is 5.61. The van der Waals surface area contributed by atoms with Crippen molar-refractivity contribution in [2.45, 2.75) is 31.3 Å². The van der Waals surface area contributed by atoms with Gasteiger partial charge in [0, 0.05) is 18.7 Å². The molecule has 1 saturated carbocycles. The number of rotatable bonds is 4. The zero-order chi connectivity index (χ0) is 13.2. The summed E-state index contributed by atoms with van der Waals surface area (Å²) in [7, 11) is 0. The van der Waals surface area contributed by atoms with E-state index in [0.717, 1.165) is 31.0 Å². The maximum atomic E-state index is 13.1. The van der Waals surface area contributed by atoms with Crippen LogP contribution >= 0.6 is 0 Å². The predicted octanol–water partition coefficient (Wildman–Crippen LogP) is 2.45. The van der Waals surface area contributed by atoms with Crippen LogP contribution < -0.4 is 5.32 Å². The Morgan fingerprint density at radius 1 is 1.44 bits per heavy atom. The van der Waals surface area contributed by atoms with E-state index < -0.39 is 16.3 Å². The van der Waals surface area contributed by atoms with Crippen LogP contribution in [0.3, 0.4) is 0 Å². The van der Waals surface area contributed by atoms with Crippen molar-refractivity contribution in [2.24, 2.45) is 0 Å². The third-order valence-electron chi connectivity index (χ3n) is 3.30. The van der Waals surface area contributed by atoms with Gasteiger partial charge in [0.1, 0.15) is 11.5 Å². The molecule has 0 aromatic heterocycles. The molecule has 1 aromatic rings. The van der Waals surface area contributed by atoms with Crippen molar-refractivity contribution in [2.75, 3.05) is 11.9 Å². The molecule has 0 heterocycles. The number of anilines is 1. The Labute approximate surface area is 104 Å². The number of nitrogens with zero attached hydrogens (tertiary/aromatic N) is 1. The molecule has 0 radical (unpaired) electrons. The molecule has 0 unspecified atom stereocenters. The summed E-state index contributed by atoms with van der Waals surface area (Å²) >= 11 is 0. The van der Waals surface area contributed by atoms with Crippen molar-refractivity contribution < 1.29 is 14.4 Å². The molecule has 0 amide bonds. The molecule has 0 bridgehead atoms. The molecule has 18 heavy (non-hydrogen) atoms. The summed E-state index contributed by atoms with van der Waals surface area (Å²) in [6.45, 7) is 0.206. The van der Waals surface area contributed by atoms with E-state index in [4.69, 9.17) is 0 Å². The summed E-state index contributed by atoms with van der Waals surface area (Å²) in [5, 5.41) is 23.7. The molecule has 2 N–H and O–H groups in total. The van der Waals surface area contributed by atoms with Crippen LogP contribution in [0, 0.1) is 15.9 Å². The predicted molar refractivity (Wildman–Crippen MR) is 65.0 cm³/mol. The van der Waals surface area contributed by atoms with Crippen LogP contribution in [0.4, 0.5) is 15.8 Å². The van der Waals surface area contributed by atoms with E-state index in [2.05, 4.69) is 5.32 Å². The number of nitrogens with one attached hydrogen (secondary N) is 1. The lowest BCUT2D eigenvalue weighted by Gasteiger charge is -2.22. The summed E-state index contributed by atoms with van der Waals surface area (Å²) in [5.74, 6) is -0.540. The third-order valence-corrected chi connectivity index (χ3v) is 3.30. The first-order valence-corrected chi connectivity index (χ1v) is 5.90. The highest BCUT2D eigenvalue weighted by Gasteiger charge is 2.31. The van der Waals surface area contributed by atoms with Gasteiger partial charge in [0.05, 0.1) is 10.5 Å². The Hall–Kier alpha value is -1.69. The Kier molecular flexibility index (Phi) is 3.47. The molecule has 0 aliphatic heterocycles.